The van der Waals surface area contributed by atoms with Crippen LogP contribution in [0.3, 0.4) is 0 Å². The molecule has 0 atom stereocenters. The Morgan fingerprint density at radius 1 is 0.556 bits per heavy atom. The van der Waals surface area contributed by atoms with E-state index < -0.39 is 22.1 Å². The van der Waals surface area contributed by atoms with E-state index in [1.807, 2.05) is 12.1 Å². The summed E-state index contributed by atoms with van der Waals surface area (Å²) in [5.74, 6) is 0. The first-order valence-electron chi connectivity index (χ1n) is 11.0. The lowest BCUT2D eigenvalue weighted by Gasteiger charge is -2.21. The molecule has 7 nitrogen and oxygen atoms in total. The fraction of sp³-hybridized carbons (Fsp3) is 0. The van der Waals surface area contributed by atoms with Gasteiger partial charge >= 0.3 is 12.1 Å². The molecule has 4 aromatic rings. The van der Waals surface area contributed by atoms with Crippen molar-refractivity contribution in [3.8, 4) is 0 Å². The number of benzene rings is 4. The van der Waals surface area contributed by atoms with Crippen molar-refractivity contribution in [3.05, 3.63) is 138 Å². The van der Waals surface area contributed by atoms with Crippen molar-refractivity contribution in [3.63, 3.8) is 0 Å². The van der Waals surface area contributed by atoms with E-state index >= 15 is 0 Å². The van der Waals surface area contributed by atoms with Crippen molar-refractivity contribution in [1.82, 2.24) is 4.31 Å². The van der Waals surface area contributed by atoms with E-state index in [1.54, 1.807) is 109 Å². The summed E-state index contributed by atoms with van der Waals surface area (Å²) in [6.07, 6.45) is 0. The second kappa shape index (κ2) is 11.2. The maximum atomic E-state index is 13.7. The zero-order chi connectivity index (χ0) is 25.4. The monoisotopic (exact) mass is 497 g/mol. The fourth-order valence-electron chi connectivity index (χ4n) is 3.45. The summed E-state index contributed by atoms with van der Waals surface area (Å²) < 4.78 is 27.6. The number of imide groups is 1. The SMILES string of the molecule is O=C(Nc1ccccc1)N(C(=O)Nc1ccccc1)S(=O)(=O)C=C(c1ccccc1)c1ccccc1. The Bertz CT molecular complexity index is 1360. The molecule has 2 N–H and O–H groups in total. The lowest BCUT2D eigenvalue weighted by Crippen LogP contribution is -2.45. The molecule has 4 amide bonds. The molecule has 180 valence electrons. The minimum atomic E-state index is -4.61. The summed E-state index contributed by atoms with van der Waals surface area (Å²) in [7, 11) is -4.61. The molecular formula is C28H23N3O4S. The highest BCUT2D eigenvalue weighted by atomic mass is 32.2. The second-order valence-electron chi connectivity index (χ2n) is 7.67. The summed E-state index contributed by atoms with van der Waals surface area (Å²) in [6, 6.07) is 32.1. The molecule has 0 aliphatic rings. The molecule has 0 heterocycles. The van der Waals surface area contributed by atoms with Crippen LogP contribution in [0.1, 0.15) is 11.1 Å². The standard InChI is InChI=1S/C28H23N3O4S/c32-27(29-24-17-9-3-10-18-24)31(28(33)30-25-19-11-4-12-20-25)36(34,35)21-26(22-13-5-1-6-14-22)23-15-7-2-8-16-23/h1-21H,(H,29,32)(H,30,33). The van der Waals surface area contributed by atoms with Gasteiger partial charge < -0.3 is 10.6 Å². The van der Waals surface area contributed by atoms with Crippen LogP contribution in [-0.2, 0) is 10.0 Å². The van der Waals surface area contributed by atoms with Crippen molar-refractivity contribution in [2.24, 2.45) is 0 Å². The minimum absolute atomic E-state index is 0.193. The molecule has 0 aliphatic carbocycles. The number of amides is 4. The van der Waals surface area contributed by atoms with Gasteiger partial charge in [-0.1, -0.05) is 97.1 Å². The van der Waals surface area contributed by atoms with Gasteiger partial charge in [0.05, 0.1) is 5.41 Å². The van der Waals surface area contributed by atoms with E-state index in [0.717, 1.165) is 5.41 Å². The number of rotatable bonds is 6. The van der Waals surface area contributed by atoms with Crippen LogP contribution in [0, 0.1) is 0 Å². The fourth-order valence-corrected chi connectivity index (χ4v) is 4.68. The van der Waals surface area contributed by atoms with E-state index in [-0.39, 0.29) is 4.31 Å². The average Bonchev–Trinajstić information content (AvgIpc) is 2.89. The summed E-state index contributed by atoms with van der Waals surface area (Å²) >= 11 is 0. The van der Waals surface area contributed by atoms with Crippen LogP contribution in [0.5, 0.6) is 0 Å². The smallest absolute Gasteiger partial charge is 0.307 e. The number of carbonyl (C=O) groups excluding carboxylic acids is 2. The van der Waals surface area contributed by atoms with Gasteiger partial charge in [-0.15, -0.1) is 4.31 Å². The number of carbonyl (C=O) groups is 2. The van der Waals surface area contributed by atoms with E-state index in [1.165, 1.54) is 0 Å². The van der Waals surface area contributed by atoms with Gasteiger partial charge in [-0.05, 0) is 35.4 Å². The molecule has 8 heteroatoms. The molecule has 0 bridgehead atoms. The summed E-state index contributed by atoms with van der Waals surface area (Å²) in [6.45, 7) is 0. The highest BCUT2D eigenvalue weighted by molar-refractivity contribution is 7.93. The van der Waals surface area contributed by atoms with E-state index in [4.69, 9.17) is 0 Å². The van der Waals surface area contributed by atoms with Gasteiger partial charge in [0, 0.05) is 16.9 Å². The number of para-hydroxylation sites is 2. The lowest BCUT2D eigenvalue weighted by atomic mass is 10.00. The van der Waals surface area contributed by atoms with Crippen molar-refractivity contribution < 1.29 is 18.0 Å². The zero-order valence-electron chi connectivity index (χ0n) is 19.1. The van der Waals surface area contributed by atoms with E-state index in [0.29, 0.717) is 28.1 Å². The maximum absolute atomic E-state index is 13.7. The summed E-state index contributed by atoms with van der Waals surface area (Å²) in [5.41, 5.74) is 2.23. The summed E-state index contributed by atoms with van der Waals surface area (Å²) in [4.78, 5) is 26.4. The first-order valence-corrected chi connectivity index (χ1v) is 12.5. The van der Waals surface area contributed by atoms with Crippen LogP contribution in [0.4, 0.5) is 21.0 Å². The van der Waals surface area contributed by atoms with Crippen molar-refractivity contribution >= 4 is 39.0 Å². The van der Waals surface area contributed by atoms with Crippen LogP contribution in [0.25, 0.3) is 5.57 Å². The van der Waals surface area contributed by atoms with Gasteiger partial charge in [0.2, 0.25) is 0 Å². The third-order valence-electron chi connectivity index (χ3n) is 5.11. The predicted molar refractivity (Wildman–Crippen MR) is 142 cm³/mol. The number of anilines is 2. The van der Waals surface area contributed by atoms with Gasteiger partial charge in [-0.2, -0.15) is 0 Å². The molecule has 0 aromatic heterocycles. The van der Waals surface area contributed by atoms with Gasteiger partial charge in [-0.3, -0.25) is 0 Å². The Morgan fingerprint density at radius 3 is 1.25 bits per heavy atom. The lowest BCUT2D eigenvalue weighted by molar-refractivity contribution is 0.223. The first-order chi connectivity index (χ1) is 17.4. The molecule has 0 radical (unpaired) electrons. The predicted octanol–water partition coefficient (Wildman–Crippen LogP) is 6.17. The van der Waals surface area contributed by atoms with Crippen LogP contribution >= 0.6 is 0 Å². The van der Waals surface area contributed by atoms with Crippen LogP contribution in [-0.4, -0.2) is 24.8 Å². The topological polar surface area (TPSA) is 95.6 Å². The minimum Gasteiger partial charge on any atom is -0.307 e. The van der Waals surface area contributed by atoms with Crippen LogP contribution in [0.2, 0.25) is 0 Å². The number of nitrogens with zero attached hydrogens (tertiary/aromatic N) is 1. The Hall–Kier alpha value is -4.69. The van der Waals surface area contributed by atoms with Gasteiger partial charge in [0.25, 0.3) is 10.0 Å². The molecule has 36 heavy (non-hydrogen) atoms. The molecule has 0 aliphatic heterocycles. The number of sulfonamides is 1. The average molecular weight is 498 g/mol. The van der Waals surface area contributed by atoms with Gasteiger partial charge in [0.1, 0.15) is 0 Å². The molecule has 0 saturated carbocycles. The quantitative estimate of drug-likeness (QED) is 0.333. The number of hydrogen-bond acceptors (Lipinski definition) is 4. The molecule has 0 spiro atoms. The molecule has 4 rings (SSSR count). The normalized spacial score (nSPS) is 10.7. The first kappa shape index (κ1) is 24.4. The van der Waals surface area contributed by atoms with Crippen molar-refractivity contribution in [1.29, 1.82) is 0 Å². The Morgan fingerprint density at radius 2 is 0.889 bits per heavy atom. The van der Waals surface area contributed by atoms with Gasteiger partial charge in [0.15, 0.2) is 0 Å². The van der Waals surface area contributed by atoms with Gasteiger partial charge in [-0.25, -0.2) is 18.0 Å². The third-order valence-corrected chi connectivity index (χ3v) is 6.48. The molecule has 0 fully saturated rings. The highest BCUT2D eigenvalue weighted by Gasteiger charge is 2.34. The third kappa shape index (κ3) is 6.05. The number of urea groups is 2. The second-order valence-corrected chi connectivity index (χ2v) is 9.30. The van der Waals surface area contributed by atoms with E-state index in [9.17, 15) is 18.0 Å². The number of nitrogens with one attached hydrogen (secondary N) is 2. The molecular weight excluding hydrogens is 474 g/mol. The van der Waals surface area contributed by atoms with Crippen LogP contribution < -0.4 is 10.6 Å². The zero-order valence-corrected chi connectivity index (χ0v) is 19.9. The molecule has 4 aromatic carbocycles. The maximum Gasteiger partial charge on any atom is 0.344 e. The number of hydrogen-bond donors (Lipinski definition) is 2. The van der Waals surface area contributed by atoms with Crippen molar-refractivity contribution in [2.75, 3.05) is 10.6 Å². The largest absolute Gasteiger partial charge is 0.344 e. The van der Waals surface area contributed by atoms with Crippen molar-refractivity contribution in [2.45, 2.75) is 0 Å². The van der Waals surface area contributed by atoms with Crippen LogP contribution in [0.15, 0.2) is 127 Å². The summed E-state index contributed by atoms with van der Waals surface area (Å²) in [5, 5.41) is 5.91. The molecule has 0 unspecified atom stereocenters. The highest BCUT2D eigenvalue weighted by Crippen LogP contribution is 2.26. The molecule has 0 saturated heterocycles. The Labute approximate surface area is 209 Å². The Kier molecular flexibility index (Phi) is 7.57. The Balaban J connectivity index is 1.78. The van der Waals surface area contributed by atoms with E-state index in [2.05, 4.69) is 10.6 Å².